The topological polar surface area (TPSA) is 8.81 Å². The maximum Gasteiger partial charge on any atom is 0.256 e. The van der Waals surface area contributed by atoms with Crippen LogP contribution >= 0.6 is 0 Å². The fourth-order valence-corrected chi connectivity index (χ4v) is 4.73. The smallest absolute Gasteiger partial charge is 0.234 e. The van der Waals surface area contributed by atoms with Gasteiger partial charge in [-0.3, -0.25) is 0 Å². The Kier molecular flexibility index (Phi) is 19.2. The van der Waals surface area contributed by atoms with Gasteiger partial charge in [-0.1, -0.05) is 117 Å². The van der Waals surface area contributed by atoms with E-state index in [1.165, 1.54) is 148 Å². The number of hydrogen-bond acceptors (Lipinski definition) is 0. The van der Waals surface area contributed by atoms with Gasteiger partial charge in [0, 0.05) is 6.42 Å². The Balaban J connectivity index is 2.22. The molecule has 0 N–H and O–H groups in total. The van der Waals surface area contributed by atoms with Crippen LogP contribution < -0.4 is 4.57 Å². The highest BCUT2D eigenvalue weighted by Crippen LogP contribution is 2.13. The van der Waals surface area contributed by atoms with Crippen molar-refractivity contribution in [2.24, 2.45) is 0 Å². The Bertz CT molecular complexity index is 491. The first-order chi connectivity index (χ1) is 15.3. The summed E-state index contributed by atoms with van der Waals surface area (Å²) in [4.78, 5) is 0. The third-order valence-electron chi connectivity index (χ3n) is 6.85. The molecule has 0 amide bonds. The van der Waals surface area contributed by atoms with Gasteiger partial charge in [0.15, 0.2) is 0 Å². The number of unbranched alkanes of at least 4 members (excludes halogenated alkanes) is 17. The molecule has 0 saturated heterocycles. The first-order valence-corrected chi connectivity index (χ1v) is 14.4. The van der Waals surface area contributed by atoms with Crippen molar-refractivity contribution in [3.63, 3.8) is 0 Å². The fraction of sp³-hybridized carbons (Fsp3) is 0.897. The van der Waals surface area contributed by atoms with Crippen molar-refractivity contribution in [2.45, 2.75) is 169 Å². The van der Waals surface area contributed by atoms with Crippen molar-refractivity contribution in [3.8, 4) is 0 Å². The molecule has 0 aliphatic carbocycles. The van der Waals surface area contributed by atoms with Gasteiger partial charge in [-0.05, 0) is 32.1 Å². The summed E-state index contributed by atoms with van der Waals surface area (Å²) >= 11 is 0. The molecule has 31 heavy (non-hydrogen) atoms. The highest BCUT2D eigenvalue weighted by atomic mass is 15.1. The standard InChI is InChI=1S/C29H57N2/c1-4-7-10-12-13-14-15-16-17-18-20-23-26-31-28-27-30(25-22-9-6-3)29(31)24-21-19-11-8-5-2/h27-28H,4-26H2,1-3H3/q+1. The van der Waals surface area contributed by atoms with Gasteiger partial charge < -0.3 is 0 Å². The van der Waals surface area contributed by atoms with Gasteiger partial charge in [-0.2, -0.15) is 0 Å². The van der Waals surface area contributed by atoms with E-state index >= 15 is 0 Å². The molecule has 0 aliphatic heterocycles. The summed E-state index contributed by atoms with van der Waals surface area (Å²) in [5.41, 5.74) is 0. The quantitative estimate of drug-likeness (QED) is 0.120. The van der Waals surface area contributed by atoms with E-state index in [9.17, 15) is 0 Å². The zero-order valence-corrected chi connectivity index (χ0v) is 21.8. The molecule has 0 radical (unpaired) electrons. The van der Waals surface area contributed by atoms with Crippen molar-refractivity contribution >= 4 is 0 Å². The molecule has 1 aromatic rings. The maximum atomic E-state index is 2.59. The van der Waals surface area contributed by atoms with Crippen molar-refractivity contribution in [3.05, 3.63) is 18.2 Å². The van der Waals surface area contributed by atoms with E-state index in [0.29, 0.717) is 0 Å². The summed E-state index contributed by atoms with van der Waals surface area (Å²) in [7, 11) is 0. The van der Waals surface area contributed by atoms with Crippen LogP contribution in [0.25, 0.3) is 0 Å². The molecule has 0 atom stereocenters. The predicted octanol–water partition coefficient (Wildman–Crippen LogP) is 9.18. The molecule has 2 nitrogen and oxygen atoms in total. The highest BCUT2D eigenvalue weighted by molar-refractivity contribution is 4.84. The van der Waals surface area contributed by atoms with E-state index < -0.39 is 0 Å². The van der Waals surface area contributed by atoms with Gasteiger partial charge in [0.1, 0.15) is 12.4 Å². The van der Waals surface area contributed by atoms with Gasteiger partial charge in [0.05, 0.1) is 13.1 Å². The number of aryl methyl sites for hydroxylation is 2. The van der Waals surface area contributed by atoms with E-state index in [0.717, 1.165) is 0 Å². The van der Waals surface area contributed by atoms with Crippen molar-refractivity contribution < 1.29 is 4.57 Å². The molecule has 1 rings (SSSR count). The molecule has 0 bridgehead atoms. The number of imidazole rings is 1. The Hall–Kier alpha value is -0.790. The Morgan fingerprint density at radius 1 is 0.548 bits per heavy atom. The zero-order valence-electron chi connectivity index (χ0n) is 21.8. The van der Waals surface area contributed by atoms with Gasteiger partial charge >= 0.3 is 0 Å². The SMILES string of the molecule is CCCCCCCCCCCCCCn1cc[n+](CCCCC)c1CCCCCCC. The van der Waals surface area contributed by atoms with E-state index in [2.05, 4.69) is 42.3 Å². The number of nitrogens with zero attached hydrogens (tertiary/aromatic N) is 2. The molecule has 182 valence electrons. The Morgan fingerprint density at radius 3 is 1.55 bits per heavy atom. The molecular weight excluding hydrogens is 376 g/mol. The lowest BCUT2D eigenvalue weighted by Gasteiger charge is -2.06. The van der Waals surface area contributed by atoms with Gasteiger partial charge in [-0.25, -0.2) is 9.13 Å². The predicted molar refractivity (Wildman–Crippen MR) is 138 cm³/mol. The first kappa shape index (κ1) is 28.2. The average molecular weight is 434 g/mol. The third kappa shape index (κ3) is 14.8. The molecule has 0 aliphatic rings. The average Bonchev–Trinajstić information content (AvgIpc) is 3.16. The molecule has 0 unspecified atom stereocenters. The second-order valence-corrected chi connectivity index (χ2v) is 9.86. The van der Waals surface area contributed by atoms with Gasteiger partial charge in [0.2, 0.25) is 0 Å². The van der Waals surface area contributed by atoms with Crippen LogP contribution in [-0.2, 0) is 19.5 Å². The minimum atomic E-state index is 1.21. The molecule has 0 fully saturated rings. The third-order valence-corrected chi connectivity index (χ3v) is 6.85. The number of hydrogen-bond donors (Lipinski definition) is 0. The molecular formula is C29H57N2+. The molecule has 0 aromatic carbocycles. The monoisotopic (exact) mass is 433 g/mol. The van der Waals surface area contributed by atoms with Crippen LogP contribution in [0, 0.1) is 0 Å². The van der Waals surface area contributed by atoms with Crippen LogP contribution in [0.15, 0.2) is 12.4 Å². The van der Waals surface area contributed by atoms with Gasteiger partial charge in [-0.15, -0.1) is 0 Å². The van der Waals surface area contributed by atoms with Crippen LogP contribution in [-0.4, -0.2) is 4.57 Å². The fourth-order valence-electron chi connectivity index (χ4n) is 4.73. The summed E-state index contributed by atoms with van der Waals surface area (Å²) in [6.45, 7) is 9.35. The highest BCUT2D eigenvalue weighted by Gasteiger charge is 2.16. The molecule has 2 heteroatoms. The number of aromatic nitrogens is 2. The van der Waals surface area contributed by atoms with Crippen molar-refractivity contribution in [1.82, 2.24) is 4.57 Å². The second kappa shape index (κ2) is 21.1. The minimum absolute atomic E-state index is 1.21. The molecule has 1 aromatic heterocycles. The van der Waals surface area contributed by atoms with Crippen LogP contribution in [0.2, 0.25) is 0 Å². The summed E-state index contributed by atoms with van der Waals surface area (Å²) in [6, 6.07) is 0. The Morgan fingerprint density at radius 2 is 1.00 bits per heavy atom. The largest absolute Gasteiger partial charge is 0.256 e. The maximum absolute atomic E-state index is 2.59. The lowest BCUT2D eigenvalue weighted by Crippen LogP contribution is -2.37. The van der Waals surface area contributed by atoms with E-state index in [-0.39, 0.29) is 0 Å². The van der Waals surface area contributed by atoms with Crippen LogP contribution in [0.1, 0.15) is 155 Å². The summed E-state index contributed by atoms with van der Waals surface area (Å²) < 4.78 is 5.15. The minimum Gasteiger partial charge on any atom is -0.234 e. The lowest BCUT2D eigenvalue weighted by atomic mass is 10.1. The van der Waals surface area contributed by atoms with Crippen molar-refractivity contribution in [1.29, 1.82) is 0 Å². The van der Waals surface area contributed by atoms with Crippen LogP contribution in [0.5, 0.6) is 0 Å². The molecule has 0 spiro atoms. The zero-order chi connectivity index (χ0) is 22.4. The second-order valence-electron chi connectivity index (χ2n) is 9.86. The van der Waals surface area contributed by atoms with E-state index in [1.54, 1.807) is 5.82 Å². The van der Waals surface area contributed by atoms with E-state index in [4.69, 9.17) is 0 Å². The normalized spacial score (nSPS) is 11.5. The van der Waals surface area contributed by atoms with E-state index in [1.807, 2.05) is 0 Å². The lowest BCUT2D eigenvalue weighted by molar-refractivity contribution is -0.704. The number of rotatable bonds is 23. The Labute approximate surface area is 196 Å². The summed E-state index contributed by atoms with van der Waals surface area (Å²) in [5.74, 6) is 1.59. The first-order valence-electron chi connectivity index (χ1n) is 14.4. The summed E-state index contributed by atoms with van der Waals surface area (Å²) in [6.07, 6.45) is 34.1. The van der Waals surface area contributed by atoms with Gasteiger partial charge in [0.25, 0.3) is 5.82 Å². The molecule has 1 heterocycles. The van der Waals surface area contributed by atoms with Crippen LogP contribution in [0.3, 0.4) is 0 Å². The molecule has 0 saturated carbocycles. The summed E-state index contributed by atoms with van der Waals surface area (Å²) in [5, 5.41) is 0. The van der Waals surface area contributed by atoms with Crippen LogP contribution in [0.4, 0.5) is 0 Å². The van der Waals surface area contributed by atoms with Crippen molar-refractivity contribution in [2.75, 3.05) is 0 Å².